The zero-order chi connectivity index (χ0) is 13.7. The lowest BCUT2D eigenvalue weighted by Crippen LogP contribution is -2.12. The van der Waals surface area contributed by atoms with Crippen LogP contribution in [-0.2, 0) is 22.1 Å². The number of hydrogen-bond donors (Lipinski definition) is 0. The first-order valence-corrected chi connectivity index (χ1v) is 8.03. The first kappa shape index (κ1) is 14.0. The highest BCUT2D eigenvalue weighted by atomic mass is 35.5. The van der Waals surface area contributed by atoms with E-state index >= 15 is 0 Å². The standard InChI is InChI=1S/C12H14ClN3O2S/c13-12-5-2-1-4-11(12)8-19(17,18)7-3-6-16-10-14-9-15-16/h1-2,4-5,9-10H,3,6-8H2. The van der Waals surface area contributed by atoms with Crippen LogP contribution < -0.4 is 0 Å². The molecular formula is C12H14ClN3O2S. The predicted molar refractivity (Wildman–Crippen MR) is 73.6 cm³/mol. The second kappa shape index (κ2) is 6.16. The van der Waals surface area contributed by atoms with Crippen LogP contribution in [0.2, 0.25) is 5.02 Å². The van der Waals surface area contributed by atoms with Crippen LogP contribution in [0.15, 0.2) is 36.9 Å². The summed E-state index contributed by atoms with van der Waals surface area (Å²) in [7, 11) is -3.16. The van der Waals surface area contributed by atoms with Crippen molar-refractivity contribution < 1.29 is 8.42 Å². The largest absolute Gasteiger partial charge is 0.253 e. The molecule has 0 bridgehead atoms. The summed E-state index contributed by atoms with van der Waals surface area (Å²) in [6, 6.07) is 6.99. The van der Waals surface area contributed by atoms with Gasteiger partial charge in [-0.1, -0.05) is 29.8 Å². The zero-order valence-electron chi connectivity index (χ0n) is 10.2. The molecule has 0 spiro atoms. The van der Waals surface area contributed by atoms with Gasteiger partial charge < -0.3 is 0 Å². The quantitative estimate of drug-likeness (QED) is 0.817. The molecule has 7 heteroatoms. The normalized spacial score (nSPS) is 11.6. The summed E-state index contributed by atoms with van der Waals surface area (Å²) < 4.78 is 25.6. The van der Waals surface area contributed by atoms with Crippen molar-refractivity contribution in [1.82, 2.24) is 14.8 Å². The third-order valence-corrected chi connectivity index (χ3v) is 4.67. The molecule has 2 aromatic rings. The van der Waals surface area contributed by atoms with E-state index in [9.17, 15) is 8.42 Å². The molecule has 0 radical (unpaired) electrons. The number of rotatable bonds is 6. The monoisotopic (exact) mass is 299 g/mol. The average molecular weight is 300 g/mol. The minimum atomic E-state index is -3.16. The number of nitrogens with zero attached hydrogens (tertiary/aromatic N) is 3. The van der Waals surface area contributed by atoms with Gasteiger partial charge in [0.05, 0.1) is 11.5 Å². The Kier molecular flexibility index (Phi) is 4.55. The van der Waals surface area contributed by atoms with Crippen molar-refractivity contribution in [2.45, 2.75) is 18.7 Å². The number of sulfone groups is 1. The Bertz CT molecular complexity index is 626. The third-order valence-electron chi connectivity index (χ3n) is 2.64. The molecule has 19 heavy (non-hydrogen) atoms. The Morgan fingerprint density at radius 3 is 2.74 bits per heavy atom. The van der Waals surface area contributed by atoms with Crippen LogP contribution in [0.5, 0.6) is 0 Å². The summed E-state index contributed by atoms with van der Waals surface area (Å²) in [6.07, 6.45) is 3.51. The van der Waals surface area contributed by atoms with E-state index in [0.717, 1.165) is 0 Å². The van der Waals surface area contributed by atoms with Crippen molar-refractivity contribution in [1.29, 1.82) is 0 Å². The summed E-state index contributed by atoms with van der Waals surface area (Å²) >= 11 is 5.96. The second-order valence-corrected chi connectivity index (χ2v) is 6.79. The van der Waals surface area contributed by atoms with Gasteiger partial charge >= 0.3 is 0 Å². The molecule has 0 aliphatic carbocycles. The van der Waals surface area contributed by atoms with E-state index in [1.165, 1.54) is 6.33 Å². The predicted octanol–water partition coefficient (Wildman–Crippen LogP) is 1.94. The van der Waals surface area contributed by atoms with Crippen LogP contribution in [-0.4, -0.2) is 28.9 Å². The maximum absolute atomic E-state index is 12.0. The van der Waals surface area contributed by atoms with Crippen LogP contribution in [0.25, 0.3) is 0 Å². The van der Waals surface area contributed by atoms with Crippen molar-refractivity contribution in [3.8, 4) is 0 Å². The van der Waals surface area contributed by atoms with E-state index < -0.39 is 9.84 Å². The lowest BCUT2D eigenvalue weighted by molar-refractivity contribution is 0.571. The third kappa shape index (κ3) is 4.33. The van der Waals surface area contributed by atoms with Crippen LogP contribution in [0.4, 0.5) is 0 Å². The fraction of sp³-hybridized carbons (Fsp3) is 0.333. The van der Waals surface area contributed by atoms with Crippen molar-refractivity contribution in [2.75, 3.05) is 5.75 Å². The summed E-state index contributed by atoms with van der Waals surface area (Å²) in [5.74, 6) is 0.0854. The van der Waals surface area contributed by atoms with Gasteiger partial charge in [0, 0.05) is 11.6 Å². The Morgan fingerprint density at radius 1 is 1.26 bits per heavy atom. The first-order chi connectivity index (χ1) is 9.07. The Balaban J connectivity index is 1.90. The van der Waals surface area contributed by atoms with Crippen LogP contribution in [0, 0.1) is 0 Å². The van der Waals surface area contributed by atoms with E-state index in [1.807, 2.05) is 0 Å². The average Bonchev–Trinajstić information content (AvgIpc) is 2.85. The molecule has 0 amide bonds. The molecule has 0 aliphatic heterocycles. The molecule has 1 heterocycles. The minimum Gasteiger partial charge on any atom is -0.253 e. The topological polar surface area (TPSA) is 64.8 Å². The summed E-state index contributed by atoms with van der Waals surface area (Å²) in [6.45, 7) is 0.543. The lowest BCUT2D eigenvalue weighted by Gasteiger charge is -2.06. The van der Waals surface area contributed by atoms with Gasteiger partial charge in [0.25, 0.3) is 0 Å². The molecule has 1 aromatic heterocycles. The van der Waals surface area contributed by atoms with Crippen molar-refractivity contribution in [3.05, 3.63) is 47.5 Å². The van der Waals surface area contributed by atoms with Crippen molar-refractivity contribution in [2.24, 2.45) is 0 Å². The molecule has 102 valence electrons. The molecule has 0 fully saturated rings. The van der Waals surface area contributed by atoms with Crippen molar-refractivity contribution >= 4 is 21.4 Å². The minimum absolute atomic E-state index is 0.0238. The number of hydrogen-bond acceptors (Lipinski definition) is 4. The molecule has 0 unspecified atom stereocenters. The molecule has 0 N–H and O–H groups in total. The maximum Gasteiger partial charge on any atom is 0.154 e. The molecule has 0 atom stereocenters. The summed E-state index contributed by atoms with van der Waals surface area (Å²) in [5.41, 5.74) is 0.643. The van der Waals surface area contributed by atoms with E-state index in [-0.39, 0.29) is 11.5 Å². The number of aromatic nitrogens is 3. The van der Waals surface area contributed by atoms with Gasteiger partial charge in [-0.3, -0.25) is 4.68 Å². The Labute approximate surface area is 117 Å². The van der Waals surface area contributed by atoms with Gasteiger partial charge in [-0.2, -0.15) is 5.10 Å². The number of aryl methyl sites for hydroxylation is 1. The highest BCUT2D eigenvalue weighted by Gasteiger charge is 2.13. The molecule has 0 aliphatic rings. The van der Waals surface area contributed by atoms with Gasteiger partial charge in [-0.05, 0) is 18.1 Å². The van der Waals surface area contributed by atoms with Crippen LogP contribution in [0.3, 0.4) is 0 Å². The molecule has 0 saturated heterocycles. The first-order valence-electron chi connectivity index (χ1n) is 5.83. The molecule has 1 aromatic carbocycles. The number of benzene rings is 1. The van der Waals surface area contributed by atoms with E-state index in [2.05, 4.69) is 10.1 Å². The Hall–Kier alpha value is -1.40. The van der Waals surface area contributed by atoms with E-state index in [1.54, 1.807) is 35.3 Å². The fourth-order valence-corrected chi connectivity index (χ4v) is 3.44. The highest BCUT2D eigenvalue weighted by molar-refractivity contribution is 7.90. The van der Waals surface area contributed by atoms with E-state index in [4.69, 9.17) is 11.6 Å². The maximum atomic E-state index is 12.0. The second-order valence-electron chi connectivity index (χ2n) is 4.20. The highest BCUT2D eigenvalue weighted by Crippen LogP contribution is 2.18. The smallest absolute Gasteiger partial charge is 0.154 e. The molecule has 5 nitrogen and oxygen atoms in total. The Morgan fingerprint density at radius 2 is 2.05 bits per heavy atom. The van der Waals surface area contributed by atoms with Crippen LogP contribution >= 0.6 is 11.6 Å². The van der Waals surface area contributed by atoms with Gasteiger partial charge in [0.2, 0.25) is 0 Å². The van der Waals surface area contributed by atoms with Crippen molar-refractivity contribution in [3.63, 3.8) is 0 Å². The van der Waals surface area contributed by atoms with Crippen LogP contribution in [0.1, 0.15) is 12.0 Å². The number of halogens is 1. The summed E-state index contributed by atoms with van der Waals surface area (Å²) in [4.78, 5) is 3.80. The van der Waals surface area contributed by atoms with Gasteiger partial charge in [0.1, 0.15) is 12.7 Å². The van der Waals surface area contributed by atoms with Gasteiger partial charge in [-0.25, -0.2) is 13.4 Å². The lowest BCUT2D eigenvalue weighted by atomic mass is 10.2. The van der Waals surface area contributed by atoms with Gasteiger partial charge in [0.15, 0.2) is 9.84 Å². The molecular weight excluding hydrogens is 286 g/mol. The van der Waals surface area contributed by atoms with E-state index in [0.29, 0.717) is 23.6 Å². The molecule has 0 saturated carbocycles. The molecule has 2 rings (SSSR count). The fourth-order valence-electron chi connectivity index (χ4n) is 1.72. The van der Waals surface area contributed by atoms with Gasteiger partial charge in [-0.15, -0.1) is 0 Å². The summed E-state index contributed by atoms with van der Waals surface area (Å²) in [5, 5.41) is 4.41. The zero-order valence-corrected chi connectivity index (χ0v) is 11.8. The SMILES string of the molecule is O=S(=O)(CCCn1cncn1)Cc1ccccc1Cl.